The van der Waals surface area contributed by atoms with Crippen LogP contribution in [0.15, 0.2) is 18.2 Å². The number of hydrogen-bond acceptors (Lipinski definition) is 5. The third-order valence-electron chi connectivity index (χ3n) is 4.79. The lowest BCUT2D eigenvalue weighted by atomic mass is 9.96. The monoisotopic (exact) mass is 328 g/mol. The van der Waals surface area contributed by atoms with E-state index in [0.29, 0.717) is 24.4 Å². The van der Waals surface area contributed by atoms with Gasteiger partial charge in [0.2, 0.25) is 11.9 Å². The Morgan fingerprint density at radius 1 is 1.38 bits per heavy atom. The van der Waals surface area contributed by atoms with E-state index in [1.165, 1.54) is 0 Å². The second-order valence-electron chi connectivity index (χ2n) is 6.41. The van der Waals surface area contributed by atoms with Crippen molar-refractivity contribution in [2.75, 3.05) is 30.3 Å². The first-order chi connectivity index (χ1) is 11.5. The van der Waals surface area contributed by atoms with E-state index in [-0.39, 0.29) is 5.91 Å². The van der Waals surface area contributed by atoms with Gasteiger partial charge in [0, 0.05) is 25.2 Å². The summed E-state index contributed by atoms with van der Waals surface area (Å²) in [5, 5.41) is 9.84. The van der Waals surface area contributed by atoms with Gasteiger partial charge in [0.05, 0.1) is 0 Å². The van der Waals surface area contributed by atoms with Crippen LogP contribution in [0.3, 0.4) is 0 Å². The number of benzene rings is 1. The van der Waals surface area contributed by atoms with E-state index in [1.807, 2.05) is 32.0 Å². The van der Waals surface area contributed by atoms with Crippen LogP contribution in [0.25, 0.3) is 0 Å². The van der Waals surface area contributed by atoms with Crippen molar-refractivity contribution in [2.24, 2.45) is 5.92 Å². The molecule has 1 aromatic heterocycles. The van der Waals surface area contributed by atoms with Crippen molar-refractivity contribution in [3.05, 3.63) is 34.9 Å². The number of amides is 1. The number of nitrogens with one attached hydrogen (secondary N) is 2. The molecule has 3 rings (SSSR count). The second-order valence-corrected chi connectivity index (χ2v) is 6.41. The van der Waals surface area contributed by atoms with Gasteiger partial charge < -0.3 is 16.0 Å². The number of aryl methyl sites for hydroxylation is 1. The molecule has 1 fully saturated rings. The Labute approximate surface area is 141 Å². The number of piperidine rings is 1. The Morgan fingerprint density at radius 2 is 2.12 bits per heavy atom. The molecule has 2 heterocycles. The maximum absolute atomic E-state index is 12.4. The first kappa shape index (κ1) is 16.3. The summed E-state index contributed by atoms with van der Waals surface area (Å²) in [5.74, 6) is 1.49. The number of nitrogens with zero attached hydrogens (tertiary/aromatic N) is 3. The molecule has 24 heavy (non-hydrogen) atoms. The van der Waals surface area contributed by atoms with Crippen LogP contribution in [0.2, 0.25) is 0 Å². The van der Waals surface area contributed by atoms with Gasteiger partial charge in [-0.05, 0) is 49.8 Å². The SMILES string of the molecule is Cc1cccc(C(=O)NCC2CCN(c3n[nH]c(N)n3)CC2)c1C. The zero-order valence-corrected chi connectivity index (χ0v) is 14.2. The summed E-state index contributed by atoms with van der Waals surface area (Å²) in [5.41, 5.74) is 8.52. The number of rotatable bonds is 4. The van der Waals surface area contributed by atoms with Gasteiger partial charge in [0.25, 0.3) is 5.91 Å². The van der Waals surface area contributed by atoms with Crippen LogP contribution in [-0.4, -0.2) is 40.7 Å². The van der Waals surface area contributed by atoms with E-state index in [2.05, 4.69) is 25.4 Å². The highest BCUT2D eigenvalue weighted by atomic mass is 16.1. The van der Waals surface area contributed by atoms with Crippen molar-refractivity contribution in [1.29, 1.82) is 0 Å². The first-order valence-electron chi connectivity index (χ1n) is 8.32. The van der Waals surface area contributed by atoms with Crippen LogP contribution in [-0.2, 0) is 0 Å². The van der Waals surface area contributed by atoms with Gasteiger partial charge in [-0.25, -0.2) is 5.10 Å². The van der Waals surface area contributed by atoms with Gasteiger partial charge in [0.15, 0.2) is 0 Å². The third-order valence-corrected chi connectivity index (χ3v) is 4.79. The summed E-state index contributed by atoms with van der Waals surface area (Å²) in [7, 11) is 0. The lowest BCUT2D eigenvalue weighted by Gasteiger charge is -2.31. The number of aromatic amines is 1. The van der Waals surface area contributed by atoms with Gasteiger partial charge in [-0.1, -0.05) is 12.1 Å². The minimum absolute atomic E-state index is 0.0142. The van der Waals surface area contributed by atoms with E-state index in [4.69, 9.17) is 5.73 Å². The highest BCUT2D eigenvalue weighted by Gasteiger charge is 2.22. The molecule has 1 aromatic carbocycles. The largest absolute Gasteiger partial charge is 0.368 e. The molecule has 0 spiro atoms. The highest BCUT2D eigenvalue weighted by molar-refractivity contribution is 5.95. The molecule has 0 radical (unpaired) electrons. The van der Waals surface area contributed by atoms with Crippen molar-refractivity contribution < 1.29 is 4.79 Å². The first-order valence-corrected chi connectivity index (χ1v) is 8.32. The molecule has 0 atom stereocenters. The van der Waals surface area contributed by atoms with Crippen LogP contribution in [0.5, 0.6) is 0 Å². The fourth-order valence-corrected chi connectivity index (χ4v) is 3.07. The summed E-state index contributed by atoms with van der Waals surface area (Å²) >= 11 is 0. The average molecular weight is 328 g/mol. The summed E-state index contributed by atoms with van der Waals surface area (Å²) in [6.45, 7) is 6.47. The molecule has 2 aromatic rings. The standard InChI is InChI=1S/C17H24N6O/c1-11-4-3-5-14(12(11)2)15(24)19-10-13-6-8-23(9-7-13)17-20-16(18)21-22-17/h3-5,13H,6-10H2,1-2H3,(H,19,24)(H3,18,20,21,22). The molecule has 4 N–H and O–H groups in total. The van der Waals surface area contributed by atoms with E-state index < -0.39 is 0 Å². The van der Waals surface area contributed by atoms with Gasteiger partial charge in [0.1, 0.15) is 0 Å². The molecule has 1 amide bonds. The van der Waals surface area contributed by atoms with E-state index in [9.17, 15) is 4.79 Å². The number of hydrogen-bond donors (Lipinski definition) is 3. The third kappa shape index (κ3) is 3.50. The maximum atomic E-state index is 12.4. The van der Waals surface area contributed by atoms with Crippen molar-refractivity contribution in [1.82, 2.24) is 20.5 Å². The fourth-order valence-electron chi connectivity index (χ4n) is 3.07. The summed E-state index contributed by atoms with van der Waals surface area (Å²) in [4.78, 5) is 18.7. The average Bonchev–Trinajstić information content (AvgIpc) is 3.02. The Balaban J connectivity index is 1.50. The molecule has 0 aliphatic carbocycles. The predicted molar refractivity (Wildman–Crippen MR) is 94.0 cm³/mol. The van der Waals surface area contributed by atoms with Crippen LogP contribution < -0.4 is 16.0 Å². The van der Waals surface area contributed by atoms with Crippen LogP contribution in [0.1, 0.15) is 34.3 Å². The quantitative estimate of drug-likeness (QED) is 0.792. The number of carbonyl (C=O) groups is 1. The lowest BCUT2D eigenvalue weighted by molar-refractivity contribution is 0.0944. The zero-order chi connectivity index (χ0) is 17.1. The molecule has 1 saturated heterocycles. The molecule has 128 valence electrons. The Morgan fingerprint density at radius 3 is 2.79 bits per heavy atom. The molecular formula is C17H24N6O. The van der Waals surface area contributed by atoms with Gasteiger partial charge >= 0.3 is 0 Å². The lowest BCUT2D eigenvalue weighted by Crippen LogP contribution is -2.39. The number of anilines is 2. The number of H-pyrrole nitrogens is 1. The molecule has 0 bridgehead atoms. The van der Waals surface area contributed by atoms with E-state index in [1.54, 1.807) is 0 Å². The van der Waals surface area contributed by atoms with E-state index in [0.717, 1.165) is 42.6 Å². The van der Waals surface area contributed by atoms with Crippen molar-refractivity contribution in [3.8, 4) is 0 Å². The Kier molecular flexibility index (Phi) is 4.69. The smallest absolute Gasteiger partial charge is 0.251 e. The van der Waals surface area contributed by atoms with Crippen molar-refractivity contribution in [3.63, 3.8) is 0 Å². The molecule has 7 heteroatoms. The maximum Gasteiger partial charge on any atom is 0.251 e. The Hall–Kier alpha value is -2.57. The second kappa shape index (κ2) is 6.90. The molecule has 1 aliphatic rings. The minimum Gasteiger partial charge on any atom is -0.368 e. The fraction of sp³-hybridized carbons (Fsp3) is 0.471. The molecule has 0 saturated carbocycles. The number of nitrogen functional groups attached to an aromatic ring is 1. The number of aromatic nitrogens is 3. The predicted octanol–water partition coefficient (Wildman–Crippen LogP) is 1.65. The van der Waals surface area contributed by atoms with Gasteiger partial charge in [-0.3, -0.25) is 4.79 Å². The molecular weight excluding hydrogens is 304 g/mol. The molecule has 0 unspecified atom stereocenters. The summed E-state index contributed by atoms with van der Waals surface area (Å²) in [6.07, 6.45) is 2.00. The number of nitrogens with two attached hydrogens (primary N) is 1. The molecule has 7 nitrogen and oxygen atoms in total. The normalized spacial score (nSPS) is 15.5. The topological polar surface area (TPSA) is 99.9 Å². The van der Waals surface area contributed by atoms with Crippen LogP contribution in [0.4, 0.5) is 11.9 Å². The zero-order valence-electron chi connectivity index (χ0n) is 14.2. The molecule has 1 aliphatic heterocycles. The van der Waals surface area contributed by atoms with Gasteiger partial charge in [-0.2, -0.15) is 4.98 Å². The minimum atomic E-state index is 0.0142. The van der Waals surface area contributed by atoms with E-state index >= 15 is 0 Å². The highest BCUT2D eigenvalue weighted by Crippen LogP contribution is 2.20. The van der Waals surface area contributed by atoms with Crippen molar-refractivity contribution in [2.45, 2.75) is 26.7 Å². The number of carbonyl (C=O) groups excluding carboxylic acids is 1. The Bertz CT molecular complexity index is 718. The van der Waals surface area contributed by atoms with Crippen LogP contribution in [0, 0.1) is 19.8 Å². The van der Waals surface area contributed by atoms with Gasteiger partial charge in [-0.15, -0.1) is 5.10 Å². The van der Waals surface area contributed by atoms with Crippen molar-refractivity contribution >= 4 is 17.8 Å². The summed E-state index contributed by atoms with van der Waals surface area (Å²) in [6, 6.07) is 5.84. The summed E-state index contributed by atoms with van der Waals surface area (Å²) < 4.78 is 0. The van der Waals surface area contributed by atoms with Crippen LogP contribution >= 0.6 is 0 Å².